The zero-order valence-corrected chi connectivity index (χ0v) is 18.6. The van der Waals surface area contributed by atoms with Crippen molar-refractivity contribution in [1.82, 2.24) is 15.5 Å². The Morgan fingerprint density at radius 3 is 2.39 bits per heavy atom. The van der Waals surface area contributed by atoms with Gasteiger partial charge in [-0.15, -0.1) is 0 Å². The molecule has 1 aliphatic heterocycles. The van der Waals surface area contributed by atoms with Crippen molar-refractivity contribution in [3.05, 3.63) is 0 Å². The molecular weight excluding hydrogens is 350 g/mol. The molecule has 1 saturated carbocycles. The Kier molecular flexibility index (Phi) is 9.76. The smallest absolute Gasteiger partial charge is 0.242 e. The zero-order chi connectivity index (χ0) is 20.5. The highest BCUT2D eigenvalue weighted by atomic mass is 16.2. The number of hydrogen-bond donors (Lipinski definition) is 2. The largest absolute Gasteiger partial charge is 0.354 e. The molecule has 0 radical (unpaired) electrons. The molecule has 5 nitrogen and oxygen atoms in total. The number of nitrogens with zero attached hydrogens (tertiary/aromatic N) is 1. The van der Waals surface area contributed by atoms with Gasteiger partial charge in [0, 0.05) is 25.0 Å². The number of hydrogen-bond acceptors (Lipinski definition) is 3. The van der Waals surface area contributed by atoms with Gasteiger partial charge in [0.2, 0.25) is 11.8 Å². The van der Waals surface area contributed by atoms with Gasteiger partial charge in [-0.25, -0.2) is 0 Å². The summed E-state index contributed by atoms with van der Waals surface area (Å²) < 4.78 is 0. The van der Waals surface area contributed by atoms with Crippen molar-refractivity contribution in [1.29, 1.82) is 0 Å². The van der Waals surface area contributed by atoms with Crippen LogP contribution in [0.4, 0.5) is 0 Å². The lowest BCUT2D eigenvalue weighted by atomic mass is 9.80. The van der Waals surface area contributed by atoms with Crippen LogP contribution in [0.25, 0.3) is 0 Å². The van der Waals surface area contributed by atoms with Crippen LogP contribution in [0.5, 0.6) is 0 Å². The quantitative estimate of drug-likeness (QED) is 0.587. The van der Waals surface area contributed by atoms with Gasteiger partial charge in [-0.2, -0.15) is 0 Å². The number of carbonyl (C=O) groups is 2. The highest BCUT2D eigenvalue weighted by Gasteiger charge is 2.30. The summed E-state index contributed by atoms with van der Waals surface area (Å²) in [7, 11) is 0. The number of nitrogens with one attached hydrogen (secondary N) is 2. The lowest BCUT2D eigenvalue weighted by Gasteiger charge is -2.33. The van der Waals surface area contributed by atoms with E-state index in [1.165, 1.54) is 32.2 Å². The fourth-order valence-corrected chi connectivity index (χ4v) is 4.73. The van der Waals surface area contributed by atoms with E-state index in [1.807, 2.05) is 13.8 Å². The maximum absolute atomic E-state index is 12.7. The van der Waals surface area contributed by atoms with E-state index in [9.17, 15) is 9.59 Å². The minimum atomic E-state index is -0.426. The molecule has 2 amide bonds. The maximum Gasteiger partial charge on any atom is 0.242 e. The van der Waals surface area contributed by atoms with E-state index in [-0.39, 0.29) is 23.7 Å². The molecule has 1 heterocycles. The summed E-state index contributed by atoms with van der Waals surface area (Å²) in [6.07, 6.45) is 10.3. The normalized spacial score (nSPS) is 27.4. The van der Waals surface area contributed by atoms with Gasteiger partial charge in [0.05, 0.1) is 0 Å². The Balaban J connectivity index is 1.72. The van der Waals surface area contributed by atoms with Crippen LogP contribution in [0.3, 0.4) is 0 Å². The number of amides is 2. The second kappa shape index (κ2) is 11.8. The van der Waals surface area contributed by atoms with Gasteiger partial charge in [0.25, 0.3) is 0 Å². The lowest BCUT2D eigenvalue weighted by molar-refractivity contribution is -0.132. The van der Waals surface area contributed by atoms with Crippen LogP contribution in [0.15, 0.2) is 0 Å². The Hall–Kier alpha value is -1.10. The fourth-order valence-electron chi connectivity index (χ4n) is 4.73. The summed E-state index contributed by atoms with van der Waals surface area (Å²) in [5.41, 5.74) is 0. The van der Waals surface area contributed by atoms with Gasteiger partial charge >= 0.3 is 0 Å². The zero-order valence-electron chi connectivity index (χ0n) is 18.6. The molecule has 2 rings (SSSR count). The first-order chi connectivity index (χ1) is 13.4. The summed E-state index contributed by atoms with van der Waals surface area (Å²) in [6, 6.07) is 0.236. The van der Waals surface area contributed by atoms with E-state index in [0.29, 0.717) is 12.6 Å². The van der Waals surface area contributed by atoms with Crippen molar-refractivity contribution in [2.24, 2.45) is 17.8 Å². The summed E-state index contributed by atoms with van der Waals surface area (Å²) in [5.74, 6) is 0.995. The predicted molar refractivity (Wildman–Crippen MR) is 115 cm³/mol. The van der Waals surface area contributed by atoms with E-state index < -0.39 is 6.04 Å². The summed E-state index contributed by atoms with van der Waals surface area (Å²) >= 11 is 0. The van der Waals surface area contributed by atoms with Gasteiger partial charge in [0.15, 0.2) is 0 Å². The molecule has 2 atom stereocenters. The second-order valence-corrected chi connectivity index (χ2v) is 9.38. The van der Waals surface area contributed by atoms with Gasteiger partial charge in [-0.1, -0.05) is 33.6 Å². The molecule has 0 aromatic carbocycles. The minimum absolute atomic E-state index is 0.0303. The highest BCUT2D eigenvalue weighted by molar-refractivity contribution is 5.88. The van der Waals surface area contributed by atoms with Crippen LogP contribution in [-0.4, -0.2) is 48.4 Å². The lowest BCUT2D eigenvalue weighted by Crippen LogP contribution is -2.51. The van der Waals surface area contributed by atoms with Crippen LogP contribution >= 0.6 is 0 Å². The van der Waals surface area contributed by atoms with E-state index in [0.717, 1.165) is 44.6 Å². The Labute approximate surface area is 172 Å². The third-order valence-corrected chi connectivity index (χ3v) is 6.90. The standard InChI is InChI=1S/C23H43N3O2/c1-5-19-10-12-20(13-11-19)22(27)25-21(17(2)3)23(28)24-14-8-16-26-15-7-6-9-18(26)4/h17-21H,5-16H2,1-4H3,(H,24,28)(H,25,27)/t18-,19?,20?,21-/m0/s1. The van der Waals surface area contributed by atoms with Crippen molar-refractivity contribution in [2.45, 2.75) is 97.6 Å². The van der Waals surface area contributed by atoms with Crippen molar-refractivity contribution in [2.75, 3.05) is 19.6 Å². The predicted octanol–water partition coefficient (Wildman–Crippen LogP) is 3.72. The number of carbonyl (C=O) groups excluding carboxylic acids is 2. The van der Waals surface area contributed by atoms with Crippen LogP contribution in [0, 0.1) is 17.8 Å². The Morgan fingerprint density at radius 1 is 1.07 bits per heavy atom. The van der Waals surface area contributed by atoms with Crippen molar-refractivity contribution < 1.29 is 9.59 Å². The van der Waals surface area contributed by atoms with E-state index in [4.69, 9.17) is 0 Å². The Morgan fingerprint density at radius 2 is 1.79 bits per heavy atom. The molecule has 1 saturated heterocycles. The molecule has 28 heavy (non-hydrogen) atoms. The number of piperidine rings is 1. The SMILES string of the molecule is CCC1CCC(C(=O)N[C@H](C(=O)NCCCN2CCCC[C@@H]2C)C(C)C)CC1. The molecule has 1 aliphatic carbocycles. The third-order valence-electron chi connectivity index (χ3n) is 6.90. The number of likely N-dealkylation sites (tertiary alicyclic amines) is 1. The highest BCUT2D eigenvalue weighted by Crippen LogP contribution is 2.30. The molecular formula is C23H43N3O2. The molecule has 0 unspecified atom stereocenters. The Bertz CT molecular complexity index is 486. The van der Waals surface area contributed by atoms with E-state index in [1.54, 1.807) is 0 Å². The van der Waals surface area contributed by atoms with Crippen LogP contribution < -0.4 is 10.6 Å². The van der Waals surface area contributed by atoms with Gasteiger partial charge < -0.3 is 15.5 Å². The van der Waals surface area contributed by atoms with Gasteiger partial charge in [-0.3, -0.25) is 9.59 Å². The fraction of sp³-hybridized carbons (Fsp3) is 0.913. The first-order valence-corrected chi connectivity index (χ1v) is 11.7. The molecule has 2 fully saturated rings. The maximum atomic E-state index is 12.7. The minimum Gasteiger partial charge on any atom is -0.354 e. The second-order valence-electron chi connectivity index (χ2n) is 9.38. The molecule has 0 spiro atoms. The van der Waals surface area contributed by atoms with Crippen LogP contribution in [-0.2, 0) is 9.59 Å². The number of rotatable bonds is 9. The van der Waals surface area contributed by atoms with Crippen LogP contribution in [0.1, 0.15) is 85.5 Å². The molecule has 2 N–H and O–H groups in total. The van der Waals surface area contributed by atoms with Crippen molar-refractivity contribution >= 4 is 11.8 Å². The third kappa shape index (κ3) is 7.06. The van der Waals surface area contributed by atoms with Crippen LogP contribution in [0.2, 0.25) is 0 Å². The van der Waals surface area contributed by atoms with Crippen molar-refractivity contribution in [3.8, 4) is 0 Å². The first-order valence-electron chi connectivity index (χ1n) is 11.7. The molecule has 0 aromatic rings. The summed E-state index contributed by atoms with van der Waals surface area (Å²) in [5, 5.41) is 6.12. The summed E-state index contributed by atoms with van der Waals surface area (Å²) in [6.45, 7) is 11.5. The monoisotopic (exact) mass is 393 g/mol. The first kappa shape index (κ1) is 23.2. The molecule has 162 valence electrons. The summed E-state index contributed by atoms with van der Waals surface area (Å²) in [4.78, 5) is 27.9. The molecule has 2 aliphatic rings. The van der Waals surface area contributed by atoms with Crippen molar-refractivity contribution in [3.63, 3.8) is 0 Å². The van der Waals surface area contributed by atoms with E-state index in [2.05, 4.69) is 29.4 Å². The topological polar surface area (TPSA) is 61.4 Å². The molecule has 0 aromatic heterocycles. The average Bonchev–Trinajstić information content (AvgIpc) is 2.70. The van der Waals surface area contributed by atoms with E-state index >= 15 is 0 Å². The molecule has 5 heteroatoms. The van der Waals surface area contributed by atoms with Gasteiger partial charge in [0.1, 0.15) is 6.04 Å². The molecule has 0 bridgehead atoms. The average molecular weight is 394 g/mol. The van der Waals surface area contributed by atoms with Gasteiger partial charge in [-0.05, 0) is 70.3 Å².